The van der Waals surface area contributed by atoms with Crippen LogP contribution >= 0.6 is 0 Å². The third-order valence-corrected chi connectivity index (χ3v) is 2.51. The number of aromatic nitrogens is 3. The minimum atomic E-state index is -0.743. The maximum Gasteiger partial charge on any atom is 0.191 e. The van der Waals surface area contributed by atoms with Crippen LogP contribution in [0.2, 0.25) is 0 Å². The van der Waals surface area contributed by atoms with Gasteiger partial charge < -0.3 is 10.5 Å². The first-order chi connectivity index (χ1) is 9.10. The monoisotopic (exact) mass is 268 g/mol. The van der Waals surface area contributed by atoms with Crippen molar-refractivity contribution in [3.8, 4) is 5.75 Å². The Kier molecular flexibility index (Phi) is 4.06. The molecule has 0 saturated carbocycles. The lowest BCUT2D eigenvalue weighted by molar-refractivity contribution is 0.270. The fourth-order valence-corrected chi connectivity index (χ4v) is 1.67. The molecule has 0 saturated heterocycles. The lowest BCUT2D eigenvalue weighted by Crippen LogP contribution is -2.05. The summed E-state index contributed by atoms with van der Waals surface area (Å²) in [5.74, 6) is -1.90. The van der Waals surface area contributed by atoms with E-state index in [4.69, 9.17) is 10.5 Å². The van der Waals surface area contributed by atoms with E-state index in [2.05, 4.69) is 10.3 Å². The molecule has 0 amide bonds. The van der Waals surface area contributed by atoms with Gasteiger partial charge in [-0.3, -0.25) is 4.68 Å². The number of benzene rings is 1. The van der Waals surface area contributed by atoms with Crippen LogP contribution in [0.25, 0.3) is 0 Å². The topological polar surface area (TPSA) is 66.0 Å². The Hall–Kier alpha value is -2.02. The van der Waals surface area contributed by atoms with Crippen molar-refractivity contribution in [2.24, 2.45) is 12.8 Å². The molecule has 0 radical (unpaired) electrons. The van der Waals surface area contributed by atoms with E-state index >= 15 is 0 Å². The van der Waals surface area contributed by atoms with Gasteiger partial charge in [-0.25, -0.2) is 8.78 Å². The second kappa shape index (κ2) is 5.75. The maximum absolute atomic E-state index is 13.7. The number of ether oxygens (including phenoxy) is 1. The summed E-state index contributed by atoms with van der Waals surface area (Å²) in [6, 6.07) is 2.45. The van der Waals surface area contributed by atoms with Crippen LogP contribution in [0.4, 0.5) is 8.78 Å². The summed E-state index contributed by atoms with van der Waals surface area (Å²) in [5.41, 5.74) is 6.34. The number of halogens is 2. The summed E-state index contributed by atoms with van der Waals surface area (Å²) in [6.45, 7) is 0.288. The third kappa shape index (κ3) is 3.25. The molecule has 0 aliphatic carbocycles. The minimum absolute atomic E-state index is 0.0437. The molecule has 2 N–H and O–H groups in total. The van der Waals surface area contributed by atoms with Crippen LogP contribution in [0, 0.1) is 11.6 Å². The molecule has 0 unspecified atom stereocenters. The molecule has 0 aliphatic heterocycles. The molecule has 1 heterocycles. The quantitative estimate of drug-likeness (QED) is 0.884. The SMILES string of the molecule is Cn1cc(COc2c(F)cc(CCN)cc2F)nn1. The normalized spacial score (nSPS) is 10.7. The molecule has 7 heteroatoms. The van der Waals surface area contributed by atoms with E-state index in [0.29, 0.717) is 24.2 Å². The molecule has 1 aromatic carbocycles. The van der Waals surface area contributed by atoms with Gasteiger partial charge in [0.25, 0.3) is 0 Å². The van der Waals surface area contributed by atoms with Crippen LogP contribution in [0.3, 0.4) is 0 Å². The molecule has 5 nitrogen and oxygen atoms in total. The van der Waals surface area contributed by atoms with Crippen molar-refractivity contribution < 1.29 is 13.5 Å². The minimum Gasteiger partial charge on any atom is -0.481 e. The molecule has 2 rings (SSSR count). The summed E-state index contributed by atoms with van der Waals surface area (Å²) in [5, 5.41) is 7.46. The highest BCUT2D eigenvalue weighted by Gasteiger charge is 2.13. The zero-order valence-electron chi connectivity index (χ0n) is 10.4. The molecule has 2 aromatic rings. The molecule has 0 bridgehead atoms. The summed E-state index contributed by atoms with van der Waals surface area (Å²) >= 11 is 0. The highest BCUT2D eigenvalue weighted by Crippen LogP contribution is 2.24. The van der Waals surface area contributed by atoms with Crippen molar-refractivity contribution in [2.75, 3.05) is 6.54 Å². The van der Waals surface area contributed by atoms with Gasteiger partial charge in [0.05, 0.1) is 6.20 Å². The number of nitrogens with two attached hydrogens (primary N) is 1. The van der Waals surface area contributed by atoms with Crippen LogP contribution in [0.5, 0.6) is 5.75 Å². The highest BCUT2D eigenvalue weighted by molar-refractivity contribution is 5.31. The first-order valence-electron chi connectivity index (χ1n) is 5.76. The van der Waals surface area contributed by atoms with Gasteiger partial charge >= 0.3 is 0 Å². The van der Waals surface area contributed by atoms with E-state index in [1.165, 1.54) is 16.8 Å². The van der Waals surface area contributed by atoms with Gasteiger partial charge in [-0.1, -0.05) is 5.21 Å². The van der Waals surface area contributed by atoms with Gasteiger partial charge in [-0.05, 0) is 30.7 Å². The van der Waals surface area contributed by atoms with Gasteiger partial charge in [-0.2, -0.15) is 0 Å². The van der Waals surface area contributed by atoms with Crippen molar-refractivity contribution in [2.45, 2.75) is 13.0 Å². The fraction of sp³-hybridized carbons (Fsp3) is 0.333. The zero-order valence-corrected chi connectivity index (χ0v) is 10.4. The highest BCUT2D eigenvalue weighted by atomic mass is 19.1. The Bertz CT molecular complexity index is 548. The molecular weight excluding hydrogens is 254 g/mol. The average molecular weight is 268 g/mol. The first kappa shape index (κ1) is 13.4. The van der Waals surface area contributed by atoms with E-state index in [-0.39, 0.29) is 6.61 Å². The van der Waals surface area contributed by atoms with Crippen LogP contribution in [-0.4, -0.2) is 21.5 Å². The maximum atomic E-state index is 13.7. The molecule has 0 aliphatic rings. The predicted octanol–water partition coefficient (Wildman–Crippen LogP) is 1.17. The molecule has 1 aromatic heterocycles. The molecule has 102 valence electrons. The van der Waals surface area contributed by atoms with Gasteiger partial charge in [0, 0.05) is 7.05 Å². The van der Waals surface area contributed by atoms with Crippen LogP contribution in [0.1, 0.15) is 11.3 Å². The zero-order chi connectivity index (χ0) is 13.8. The Balaban J connectivity index is 2.11. The van der Waals surface area contributed by atoms with Crippen molar-refractivity contribution in [3.05, 3.63) is 41.2 Å². The second-order valence-corrected chi connectivity index (χ2v) is 4.10. The molecule has 19 heavy (non-hydrogen) atoms. The predicted molar refractivity (Wildman–Crippen MR) is 64.5 cm³/mol. The van der Waals surface area contributed by atoms with Crippen molar-refractivity contribution >= 4 is 0 Å². The number of rotatable bonds is 5. The fourth-order valence-electron chi connectivity index (χ4n) is 1.67. The summed E-state index contributed by atoms with van der Waals surface area (Å²) in [7, 11) is 1.69. The van der Waals surface area contributed by atoms with E-state index in [1.807, 2.05) is 0 Å². The first-order valence-corrected chi connectivity index (χ1v) is 5.76. The summed E-state index contributed by atoms with van der Waals surface area (Å²) in [6.07, 6.45) is 2.02. The summed E-state index contributed by atoms with van der Waals surface area (Å²) in [4.78, 5) is 0. The van der Waals surface area contributed by atoms with Gasteiger partial charge in [-0.15, -0.1) is 5.10 Å². The van der Waals surface area contributed by atoms with Gasteiger partial charge in [0.1, 0.15) is 12.3 Å². The van der Waals surface area contributed by atoms with E-state index in [9.17, 15) is 8.78 Å². The molecule has 0 spiro atoms. The van der Waals surface area contributed by atoms with Crippen LogP contribution in [0.15, 0.2) is 18.3 Å². The van der Waals surface area contributed by atoms with E-state index in [0.717, 1.165) is 0 Å². The number of hydrogen-bond donors (Lipinski definition) is 1. The lowest BCUT2D eigenvalue weighted by Gasteiger charge is -2.08. The van der Waals surface area contributed by atoms with E-state index in [1.54, 1.807) is 13.2 Å². The second-order valence-electron chi connectivity index (χ2n) is 4.10. The lowest BCUT2D eigenvalue weighted by atomic mass is 10.1. The number of hydrogen-bond acceptors (Lipinski definition) is 4. The van der Waals surface area contributed by atoms with Crippen molar-refractivity contribution in [3.63, 3.8) is 0 Å². The van der Waals surface area contributed by atoms with Crippen LogP contribution in [-0.2, 0) is 20.1 Å². The van der Waals surface area contributed by atoms with Crippen LogP contribution < -0.4 is 10.5 Å². The Labute approximate surface area is 109 Å². The number of nitrogens with zero attached hydrogens (tertiary/aromatic N) is 3. The van der Waals surface area contributed by atoms with Crippen molar-refractivity contribution in [1.82, 2.24) is 15.0 Å². The van der Waals surface area contributed by atoms with Gasteiger partial charge in [0.15, 0.2) is 17.4 Å². The summed E-state index contributed by atoms with van der Waals surface area (Å²) < 4.78 is 34.0. The Morgan fingerprint density at radius 1 is 1.32 bits per heavy atom. The third-order valence-electron chi connectivity index (χ3n) is 2.51. The average Bonchev–Trinajstić information content (AvgIpc) is 2.74. The molecule has 0 atom stereocenters. The smallest absolute Gasteiger partial charge is 0.191 e. The van der Waals surface area contributed by atoms with E-state index < -0.39 is 17.4 Å². The Morgan fingerprint density at radius 2 is 2.00 bits per heavy atom. The number of aryl methyl sites for hydroxylation is 1. The molecular formula is C12H14F2N4O. The van der Waals surface area contributed by atoms with Crippen molar-refractivity contribution in [1.29, 1.82) is 0 Å². The molecule has 0 fully saturated rings. The van der Waals surface area contributed by atoms with Gasteiger partial charge in [0.2, 0.25) is 0 Å². The Morgan fingerprint density at radius 3 is 2.53 bits per heavy atom. The standard InChI is InChI=1S/C12H14F2N4O/c1-18-6-9(16-17-18)7-19-12-10(13)4-8(2-3-15)5-11(12)14/h4-6H,2-3,7,15H2,1H3. The largest absolute Gasteiger partial charge is 0.481 e.